The summed E-state index contributed by atoms with van der Waals surface area (Å²) in [6.07, 6.45) is 3.24. The van der Waals surface area contributed by atoms with Crippen LogP contribution in [0.5, 0.6) is 0 Å². The average molecular weight is 309 g/mol. The lowest BCUT2D eigenvalue weighted by molar-refractivity contribution is -0.122. The van der Waals surface area contributed by atoms with E-state index in [4.69, 9.17) is 16.3 Å². The highest BCUT2D eigenvalue weighted by molar-refractivity contribution is 5.77. The fourth-order valence-corrected chi connectivity index (χ4v) is 2.63. The molecule has 1 atom stereocenters. The first-order chi connectivity index (χ1) is 11.1. The van der Waals surface area contributed by atoms with E-state index in [9.17, 15) is 4.79 Å². The Hall–Kier alpha value is -2.99. The molecule has 6 nitrogen and oxygen atoms in total. The van der Waals surface area contributed by atoms with Gasteiger partial charge in [0.1, 0.15) is 17.7 Å². The van der Waals surface area contributed by atoms with Crippen molar-refractivity contribution >= 4 is 11.6 Å². The number of nitriles is 2. The second-order valence-corrected chi connectivity index (χ2v) is 5.52. The maximum atomic E-state index is 11.3. The largest absolute Gasteiger partial charge is 0.385 e. The zero-order valence-electron chi connectivity index (χ0n) is 12.8. The van der Waals surface area contributed by atoms with Crippen LogP contribution >= 0.6 is 0 Å². The Morgan fingerprint density at radius 3 is 2.65 bits per heavy atom. The van der Waals surface area contributed by atoms with Crippen LogP contribution in [-0.2, 0) is 11.3 Å². The summed E-state index contributed by atoms with van der Waals surface area (Å²) in [6, 6.07) is 11.6. The van der Waals surface area contributed by atoms with E-state index < -0.39 is 0 Å². The summed E-state index contributed by atoms with van der Waals surface area (Å²) < 4.78 is 0. The van der Waals surface area contributed by atoms with Crippen LogP contribution in [0.15, 0.2) is 36.0 Å². The first-order valence-corrected chi connectivity index (χ1v) is 7.51. The molecule has 1 aromatic rings. The Morgan fingerprint density at radius 2 is 2.04 bits per heavy atom. The van der Waals surface area contributed by atoms with Crippen LogP contribution in [0, 0.1) is 28.6 Å². The molecule has 118 valence electrons. The summed E-state index contributed by atoms with van der Waals surface area (Å²) in [5, 5.41) is 20.2. The number of nitrogens with zero attached hydrogens (tertiary/aromatic N) is 3. The number of anilines is 1. The van der Waals surface area contributed by atoms with Gasteiger partial charge in [0.15, 0.2) is 0 Å². The average Bonchev–Trinajstić information content (AvgIpc) is 2.59. The van der Waals surface area contributed by atoms with Crippen molar-refractivity contribution in [1.82, 2.24) is 5.32 Å². The third-order valence-corrected chi connectivity index (χ3v) is 3.92. The van der Waals surface area contributed by atoms with Crippen molar-refractivity contribution in [2.24, 2.45) is 11.7 Å². The van der Waals surface area contributed by atoms with Crippen LogP contribution in [0.1, 0.15) is 18.4 Å². The highest BCUT2D eigenvalue weighted by Crippen LogP contribution is 2.23. The second kappa shape index (κ2) is 7.86. The molecule has 0 aromatic heterocycles. The molecule has 1 saturated heterocycles. The van der Waals surface area contributed by atoms with E-state index in [1.165, 1.54) is 6.20 Å². The molecule has 1 heterocycles. The molecule has 1 aromatic carbocycles. The molecule has 0 radical (unpaired) electrons. The fraction of sp³-hybridized carbons (Fsp3) is 0.353. The first-order valence-electron chi connectivity index (χ1n) is 7.51. The number of benzene rings is 1. The van der Waals surface area contributed by atoms with E-state index in [0.717, 1.165) is 30.6 Å². The zero-order chi connectivity index (χ0) is 16.7. The van der Waals surface area contributed by atoms with Gasteiger partial charge in [0.25, 0.3) is 0 Å². The van der Waals surface area contributed by atoms with Gasteiger partial charge in [-0.25, -0.2) is 0 Å². The van der Waals surface area contributed by atoms with Crippen LogP contribution in [-0.4, -0.2) is 19.0 Å². The molecule has 1 fully saturated rings. The molecule has 3 N–H and O–H groups in total. The Kier molecular flexibility index (Phi) is 5.60. The van der Waals surface area contributed by atoms with Crippen LogP contribution in [0.3, 0.4) is 0 Å². The summed E-state index contributed by atoms with van der Waals surface area (Å²) in [7, 11) is 0. The van der Waals surface area contributed by atoms with Crippen molar-refractivity contribution in [2.45, 2.75) is 19.4 Å². The van der Waals surface area contributed by atoms with Gasteiger partial charge in [0.2, 0.25) is 5.91 Å². The molecule has 1 amide bonds. The summed E-state index contributed by atoms with van der Waals surface area (Å²) in [5.41, 5.74) is 7.58. The van der Waals surface area contributed by atoms with Gasteiger partial charge < -0.3 is 16.0 Å². The van der Waals surface area contributed by atoms with Crippen LogP contribution in [0.4, 0.5) is 5.69 Å². The topological polar surface area (TPSA) is 106 Å². The maximum Gasteiger partial charge on any atom is 0.222 e. The van der Waals surface area contributed by atoms with Gasteiger partial charge in [-0.15, -0.1) is 0 Å². The lowest BCUT2D eigenvalue weighted by atomic mass is 9.97. The van der Waals surface area contributed by atoms with E-state index in [2.05, 4.69) is 10.2 Å². The number of rotatable bonds is 5. The third-order valence-electron chi connectivity index (χ3n) is 3.92. The number of carbonyl (C=O) groups excluding carboxylic acids is 1. The number of hydrogen-bond acceptors (Lipinski definition) is 5. The molecule has 0 unspecified atom stereocenters. The highest BCUT2D eigenvalue weighted by Gasteiger charge is 2.23. The number of primary amides is 1. The number of piperidine rings is 1. The molecule has 6 heteroatoms. The summed E-state index contributed by atoms with van der Waals surface area (Å²) in [4.78, 5) is 13.5. The molecular weight excluding hydrogens is 290 g/mol. The SMILES string of the molecule is N#CC(C#N)=CNCc1ccc(N2CCC[C@@H](C(N)=O)C2)cc1. The zero-order valence-corrected chi connectivity index (χ0v) is 12.8. The third kappa shape index (κ3) is 4.49. The van der Waals surface area contributed by atoms with Crippen molar-refractivity contribution in [3.8, 4) is 12.1 Å². The molecule has 23 heavy (non-hydrogen) atoms. The number of amides is 1. The van der Waals surface area contributed by atoms with Crippen molar-refractivity contribution in [3.05, 3.63) is 41.6 Å². The normalized spacial score (nSPS) is 16.8. The minimum Gasteiger partial charge on any atom is -0.385 e. The molecule has 0 saturated carbocycles. The van der Waals surface area contributed by atoms with Gasteiger partial charge in [-0.1, -0.05) is 12.1 Å². The van der Waals surface area contributed by atoms with Gasteiger partial charge >= 0.3 is 0 Å². The molecule has 0 spiro atoms. The smallest absolute Gasteiger partial charge is 0.222 e. The quantitative estimate of drug-likeness (QED) is 0.800. The van der Waals surface area contributed by atoms with E-state index >= 15 is 0 Å². The first kappa shape index (κ1) is 16.4. The molecule has 0 aliphatic carbocycles. The van der Waals surface area contributed by atoms with Crippen molar-refractivity contribution in [2.75, 3.05) is 18.0 Å². The minimum absolute atomic E-state index is 0.0485. The molecular formula is C17H19N5O. The van der Waals surface area contributed by atoms with Crippen molar-refractivity contribution in [3.63, 3.8) is 0 Å². The van der Waals surface area contributed by atoms with Gasteiger partial charge in [0, 0.05) is 31.5 Å². The van der Waals surface area contributed by atoms with Gasteiger partial charge in [0.05, 0.1) is 5.92 Å². The predicted octanol–water partition coefficient (Wildman–Crippen LogP) is 1.41. The van der Waals surface area contributed by atoms with Crippen LogP contribution < -0.4 is 16.0 Å². The van der Waals surface area contributed by atoms with Crippen LogP contribution in [0.25, 0.3) is 0 Å². The lowest BCUT2D eigenvalue weighted by Crippen LogP contribution is -2.41. The van der Waals surface area contributed by atoms with Gasteiger partial charge in [-0.05, 0) is 30.5 Å². The molecule has 1 aliphatic rings. The van der Waals surface area contributed by atoms with E-state index in [1.807, 2.05) is 24.3 Å². The Morgan fingerprint density at radius 1 is 1.35 bits per heavy atom. The maximum absolute atomic E-state index is 11.3. The van der Waals surface area contributed by atoms with E-state index in [-0.39, 0.29) is 17.4 Å². The predicted molar refractivity (Wildman–Crippen MR) is 86.7 cm³/mol. The standard InChI is InChI=1S/C17H19N5O/c18-8-14(9-19)11-21-10-13-3-5-16(6-4-13)22-7-1-2-15(12-22)17(20)23/h3-6,11,15,21H,1-2,7,10,12H2,(H2,20,23)/t15-/m1/s1. The lowest BCUT2D eigenvalue weighted by Gasteiger charge is -2.33. The number of allylic oxidation sites excluding steroid dienone is 1. The Labute approximate surface area is 135 Å². The number of carbonyl (C=O) groups is 1. The summed E-state index contributed by atoms with van der Waals surface area (Å²) in [5.74, 6) is -0.307. The summed E-state index contributed by atoms with van der Waals surface area (Å²) in [6.45, 7) is 2.14. The van der Waals surface area contributed by atoms with Gasteiger partial charge in [-0.2, -0.15) is 10.5 Å². The Balaban J connectivity index is 1.94. The van der Waals surface area contributed by atoms with E-state index in [0.29, 0.717) is 13.1 Å². The van der Waals surface area contributed by atoms with E-state index in [1.54, 1.807) is 12.1 Å². The number of nitrogens with one attached hydrogen (secondary N) is 1. The minimum atomic E-state index is -0.229. The monoisotopic (exact) mass is 309 g/mol. The molecule has 1 aliphatic heterocycles. The fourth-order valence-electron chi connectivity index (χ4n) is 2.63. The van der Waals surface area contributed by atoms with Crippen LogP contribution in [0.2, 0.25) is 0 Å². The Bertz CT molecular complexity index is 650. The summed E-state index contributed by atoms with van der Waals surface area (Å²) >= 11 is 0. The number of nitrogens with two attached hydrogens (primary N) is 1. The van der Waals surface area contributed by atoms with Crippen molar-refractivity contribution in [1.29, 1.82) is 10.5 Å². The molecule has 0 bridgehead atoms. The van der Waals surface area contributed by atoms with Gasteiger partial charge in [-0.3, -0.25) is 4.79 Å². The number of hydrogen-bond donors (Lipinski definition) is 2. The highest BCUT2D eigenvalue weighted by atomic mass is 16.1. The molecule has 2 rings (SSSR count). The van der Waals surface area contributed by atoms with Crippen molar-refractivity contribution < 1.29 is 4.79 Å². The second-order valence-electron chi connectivity index (χ2n) is 5.52.